The molecular weight excluding hydrogens is 445 g/mol. The van der Waals surface area contributed by atoms with Gasteiger partial charge in [-0.3, -0.25) is 0 Å². The van der Waals surface area contributed by atoms with Crippen LogP contribution in [-0.4, -0.2) is 48.4 Å². The van der Waals surface area contributed by atoms with Crippen LogP contribution < -0.4 is 15.4 Å². The molecule has 0 aliphatic rings. The Bertz CT molecular complexity index is 1090. The highest BCUT2D eigenvalue weighted by Gasteiger charge is 2.31. The molecule has 3 aromatic rings. The first kappa shape index (κ1) is 24.2. The Balaban J connectivity index is 1.92. The lowest BCUT2D eigenvalue weighted by molar-refractivity contribution is -0.274. The molecule has 0 aliphatic carbocycles. The van der Waals surface area contributed by atoms with Crippen LogP contribution in [0.15, 0.2) is 48.5 Å². The summed E-state index contributed by atoms with van der Waals surface area (Å²) < 4.78 is 69.1. The second-order valence-electron chi connectivity index (χ2n) is 7.37. The van der Waals surface area contributed by atoms with E-state index in [4.69, 9.17) is 0 Å². The number of benzene rings is 2. The van der Waals surface area contributed by atoms with Crippen LogP contribution in [0.25, 0.3) is 11.3 Å². The molecule has 0 unspecified atom stereocenters. The molecule has 6 nitrogen and oxygen atoms in total. The van der Waals surface area contributed by atoms with Crippen molar-refractivity contribution in [2.24, 2.45) is 0 Å². The van der Waals surface area contributed by atoms with Crippen molar-refractivity contribution >= 4 is 17.5 Å². The summed E-state index contributed by atoms with van der Waals surface area (Å²) in [6.45, 7) is 1.35. The van der Waals surface area contributed by atoms with Crippen molar-refractivity contribution in [1.29, 1.82) is 0 Å². The van der Waals surface area contributed by atoms with E-state index in [1.807, 2.05) is 19.0 Å². The van der Waals surface area contributed by atoms with Crippen molar-refractivity contribution in [1.82, 2.24) is 14.9 Å². The highest BCUT2D eigenvalue weighted by molar-refractivity contribution is 5.68. The van der Waals surface area contributed by atoms with Gasteiger partial charge in [0.1, 0.15) is 23.2 Å². The fraction of sp³-hybridized carbons (Fsp3) is 0.273. The van der Waals surface area contributed by atoms with Crippen LogP contribution in [0.3, 0.4) is 0 Å². The normalized spacial score (nSPS) is 11.5. The van der Waals surface area contributed by atoms with Crippen LogP contribution >= 0.6 is 0 Å². The number of hydrogen-bond acceptors (Lipinski definition) is 6. The summed E-state index contributed by atoms with van der Waals surface area (Å²) in [6, 6.07) is 9.79. The van der Waals surface area contributed by atoms with Crippen LogP contribution in [-0.2, 0) is 0 Å². The predicted octanol–water partition coefficient (Wildman–Crippen LogP) is 5.43. The highest BCUT2D eigenvalue weighted by atomic mass is 19.4. The van der Waals surface area contributed by atoms with Gasteiger partial charge >= 0.3 is 6.36 Å². The molecule has 0 amide bonds. The summed E-state index contributed by atoms with van der Waals surface area (Å²) >= 11 is 0. The van der Waals surface area contributed by atoms with Gasteiger partial charge in [0.2, 0.25) is 5.95 Å². The van der Waals surface area contributed by atoms with E-state index in [1.165, 1.54) is 30.3 Å². The summed E-state index contributed by atoms with van der Waals surface area (Å²) in [4.78, 5) is 10.7. The van der Waals surface area contributed by atoms with E-state index in [1.54, 1.807) is 6.07 Å². The number of halogens is 5. The van der Waals surface area contributed by atoms with Crippen molar-refractivity contribution in [3.05, 3.63) is 60.2 Å². The Morgan fingerprint density at radius 2 is 1.79 bits per heavy atom. The molecule has 176 valence electrons. The van der Waals surface area contributed by atoms with Gasteiger partial charge < -0.3 is 20.3 Å². The number of rotatable bonds is 9. The molecule has 0 atom stereocenters. The van der Waals surface area contributed by atoms with Gasteiger partial charge in [-0.2, -0.15) is 4.98 Å². The lowest BCUT2D eigenvalue weighted by Crippen LogP contribution is -2.17. The molecule has 33 heavy (non-hydrogen) atoms. The van der Waals surface area contributed by atoms with Gasteiger partial charge in [-0.15, -0.1) is 13.2 Å². The average Bonchev–Trinajstić information content (AvgIpc) is 2.72. The van der Waals surface area contributed by atoms with Gasteiger partial charge in [0.15, 0.2) is 0 Å². The molecule has 0 bridgehead atoms. The monoisotopic (exact) mass is 467 g/mol. The summed E-state index contributed by atoms with van der Waals surface area (Å²) in [5.74, 6) is -1.60. The van der Waals surface area contributed by atoms with E-state index >= 15 is 0 Å². The SMILES string of the molecule is CN(C)CCCNc1nc(Nc2ccc(F)cc2F)cc(-c2cccc(OC(F)(F)F)c2)n1. The lowest BCUT2D eigenvalue weighted by atomic mass is 10.1. The number of nitrogens with one attached hydrogen (secondary N) is 2. The molecule has 3 rings (SSSR count). The molecule has 0 aliphatic heterocycles. The zero-order chi connectivity index (χ0) is 24.0. The first-order valence-corrected chi connectivity index (χ1v) is 9.95. The maximum atomic E-state index is 14.1. The van der Waals surface area contributed by atoms with Gasteiger partial charge in [0, 0.05) is 24.2 Å². The van der Waals surface area contributed by atoms with E-state index in [9.17, 15) is 22.0 Å². The molecule has 0 spiro atoms. The minimum absolute atomic E-state index is 0.0197. The molecule has 0 saturated heterocycles. The molecule has 0 fully saturated rings. The Hall–Kier alpha value is -3.47. The van der Waals surface area contributed by atoms with E-state index in [0.29, 0.717) is 12.1 Å². The van der Waals surface area contributed by atoms with Crippen molar-refractivity contribution in [2.75, 3.05) is 37.8 Å². The topological polar surface area (TPSA) is 62.3 Å². The van der Waals surface area contributed by atoms with E-state index in [0.717, 1.165) is 25.1 Å². The highest BCUT2D eigenvalue weighted by Crippen LogP contribution is 2.29. The largest absolute Gasteiger partial charge is 0.573 e. The minimum atomic E-state index is -4.84. The number of aromatic nitrogens is 2. The minimum Gasteiger partial charge on any atom is -0.406 e. The maximum Gasteiger partial charge on any atom is 0.573 e. The molecule has 2 N–H and O–H groups in total. The molecule has 1 heterocycles. The fourth-order valence-electron chi connectivity index (χ4n) is 2.92. The van der Waals surface area contributed by atoms with Gasteiger partial charge in [0.05, 0.1) is 11.4 Å². The Kier molecular flexibility index (Phi) is 7.64. The summed E-state index contributed by atoms with van der Waals surface area (Å²) in [5.41, 5.74) is 0.588. The summed E-state index contributed by atoms with van der Waals surface area (Å²) in [7, 11) is 3.87. The summed E-state index contributed by atoms with van der Waals surface area (Å²) in [6.07, 6.45) is -4.05. The Labute approximate surface area is 187 Å². The third-order valence-corrected chi connectivity index (χ3v) is 4.35. The van der Waals surface area contributed by atoms with Crippen LogP contribution in [0.5, 0.6) is 5.75 Å². The second kappa shape index (κ2) is 10.4. The van der Waals surface area contributed by atoms with E-state index in [-0.39, 0.29) is 23.1 Å². The van der Waals surface area contributed by atoms with Gasteiger partial charge in [-0.1, -0.05) is 12.1 Å². The number of anilines is 3. The van der Waals surface area contributed by atoms with Crippen molar-refractivity contribution in [3.63, 3.8) is 0 Å². The number of hydrogen-bond donors (Lipinski definition) is 2. The zero-order valence-electron chi connectivity index (χ0n) is 17.9. The fourth-order valence-corrected chi connectivity index (χ4v) is 2.92. The van der Waals surface area contributed by atoms with E-state index in [2.05, 4.69) is 25.3 Å². The molecule has 0 radical (unpaired) electrons. The number of alkyl halides is 3. The quantitative estimate of drug-likeness (QED) is 0.323. The smallest absolute Gasteiger partial charge is 0.406 e. The lowest BCUT2D eigenvalue weighted by Gasteiger charge is -2.14. The third kappa shape index (κ3) is 7.56. The van der Waals surface area contributed by atoms with Gasteiger partial charge in [-0.25, -0.2) is 13.8 Å². The van der Waals surface area contributed by atoms with Crippen LogP contribution in [0.4, 0.5) is 39.4 Å². The summed E-state index contributed by atoms with van der Waals surface area (Å²) in [5, 5.41) is 5.82. The Morgan fingerprint density at radius 3 is 2.48 bits per heavy atom. The van der Waals surface area contributed by atoms with Crippen molar-refractivity contribution in [2.45, 2.75) is 12.8 Å². The maximum absolute atomic E-state index is 14.1. The molecular formula is C22H22F5N5O. The number of nitrogens with zero attached hydrogens (tertiary/aromatic N) is 3. The molecule has 11 heteroatoms. The van der Waals surface area contributed by atoms with Crippen LogP contribution in [0.2, 0.25) is 0 Å². The average molecular weight is 467 g/mol. The molecule has 0 saturated carbocycles. The first-order valence-electron chi connectivity index (χ1n) is 9.95. The molecule has 2 aromatic carbocycles. The van der Waals surface area contributed by atoms with Gasteiger partial charge in [-0.05, 0) is 51.3 Å². The number of ether oxygens (including phenoxy) is 1. The van der Waals surface area contributed by atoms with Crippen molar-refractivity contribution < 1.29 is 26.7 Å². The predicted molar refractivity (Wildman–Crippen MR) is 115 cm³/mol. The Morgan fingerprint density at radius 1 is 1.00 bits per heavy atom. The standard InChI is InChI=1S/C22H22F5N5O/c1-32(2)10-4-9-28-21-30-19(14-5-3-6-16(11-14)33-22(25,26)27)13-20(31-21)29-18-8-7-15(23)12-17(18)24/h3,5-8,11-13H,4,9-10H2,1-2H3,(H2,28,29,30,31). The zero-order valence-corrected chi connectivity index (χ0v) is 17.9. The van der Waals surface area contributed by atoms with Crippen molar-refractivity contribution in [3.8, 4) is 17.0 Å². The second-order valence-corrected chi connectivity index (χ2v) is 7.37. The van der Waals surface area contributed by atoms with E-state index < -0.39 is 23.7 Å². The van der Waals surface area contributed by atoms with Crippen LogP contribution in [0, 0.1) is 11.6 Å². The van der Waals surface area contributed by atoms with Gasteiger partial charge in [0.25, 0.3) is 0 Å². The third-order valence-electron chi connectivity index (χ3n) is 4.35. The van der Waals surface area contributed by atoms with Crippen LogP contribution in [0.1, 0.15) is 6.42 Å². The first-order chi connectivity index (χ1) is 15.6. The molecule has 1 aromatic heterocycles.